The molecule has 0 radical (unpaired) electrons. The average Bonchev–Trinajstić information content (AvgIpc) is 3.18. The van der Waals surface area contributed by atoms with E-state index < -0.39 is 17.2 Å². The molecule has 4 N–H and O–H groups in total. The molecule has 168 valence electrons. The van der Waals surface area contributed by atoms with E-state index in [1.807, 2.05) is 35.7 Å². The Morgan fingerprint density at radius 3 is 2.52 bits per heavy atom. The van der Waals surface area contributed by atoms with Crippen molar-refractivity contribution in [3.8, 4) is 17.1 Å². The van der Waals surface area contributed by atoms with Crippen LogP contribution < -0.4 is 26.0 Å². The molecule has 3 amide bonds. The van der Waals surface area contributed by atoms with Gasteiger partial charge in [0.15, 0.2) is 23.1 Å². The molecule has 12 nitrogen and oxygen atoms in total. The molecule has 0 atom stereocenters. The highest BCUT2D eigenvalue weighted by atomic mass is 16.5. The second kappa shape index (κ2) is 9.63. The van der Waals surface area contributed by atoms with Gasteiger partial charge in [-0.15, -0.1) is 10.2 Å². The lowest BCUT2D eigenvalue weighted by atomic mass is 9.49. The van der Waals surface area contributed by atoms with E-state index in [4.69, 9.17) is 4.74 Å². The zero-order valence-electron chi connectivity index (χ0n) is 19.3. The first kappa shape index (κ1) is 23.6. The summed E-state index contributed by atoms with van der Waals surface area (Å²) in [5, 5.41) is 22.9. The number of rotatable bonds is 7. The Morgan fingerprint density at radius 1 is 1.15 bits per heavy atom. The van der Waals surface area contributed by atoms with Gasteiger partial charge in [0.05, 0.1) is 24.0 Å². The molecular weight excluding hydrogens is 423 g/mol. The smallest absolute Gasteiger partial charge is 0.320 e. The van der Waals surface area contributed by atoms with Crippen LogP contribution in [0.4, 0.5) is 22.0 Å². The SMILES string of the molecule is BC(B)(B)NC(=O)c1nnc(NC(=O)NC)cc1Nc1cccc(-c2ncn(C)n2)c1OC. The molecule has 2 heterocycles. The number of hydrogen-bond acceptors (Lipinski definition) is 8. The Kier molecular flexibility index (Phi) is 6.90. The van der Waals surface area contributed by atoms with Crippen molar-refractivity contribution >= 4 is 52.7 Å². The predicted octanol–water partition coefficient (Wildman–Crippen LogP) is -1.98. The standard InChI is InChI=1S/C18H24B3N9O3/c1-22-17(32)25-12-7-11(13(28-27-12)16(31)26-18(19,20)21)24-10-6-4-5-9(14(10)33-3)15-23-8-30(2)29-15/h4-8H,19-21H2,1-3H3,(H,26,31)(H3,22,24,25,27,32). The summed E-state index contributed by atoms with van der Waals surface area (Å²) in [5.41, 5.74) is 1.58. The van der Waals surface area contributed by atoms with Crippen LogP contribution in [0.2, 0.25) is 0 Å². The van der Waals surface area contributed by atoms with Crippen molar-refractivity contribution in [2.45, 2.75) is 5.24 Å². The van der Waals surface area contributed by atoms with Gasteiger partial charge in [0.25, 0.3) is 5.91 Å². The summed E-state index contributed by atoms with van der Waals surface area (Å²) < 4.78 is 7.23. The van der Waals surface area contributed by atoms with E-state index in [0.717, 1.165) is 0 Å². The second-order valence-electron chi connectivity index (χ2n) is 8.15. The highest BCUT2D eigenvalue weighted by molar-refractivity contribution is 6.60. The maximum atomic E-state index is 12.9. The molecule has 0 saturated heterocycles. The largest absolute Gasteiger partial charge is 0.494 e. The van der Waals surface area contributed by atoms with Crippen LogP contribution in [0.3, 0.4) is 0 Å². The van der Waals surface area contributed by atoms with Gasteiger partial charge >= 0.3 is 6.03 Å². The molecule has 0 aliphatic rings. The summed E-state index contributed by atoms with van der Waals surface area (Å²) in [5.74, 6) is 0.693. The normalized spacial score (nSPS) is 10.9. The van der Waals surface area contributed by atoms with Gasteiger partial charge in [-0.25, -0.2) is 9.78 Å². The first-order chi connectivity index (χ1) is 15.6. The molecule has 3 aromatic rings. The molecule has 0 saturated carbocycles. The van der Waals surface area contributed by atoms with Gasteiger partial charge in [0, 0.05) is 20.2 Å². The molecule has 15 heteroatoms. The molecular formula is C18H24B3N9O3. The van der Waals surface area contributed by atoms with Crippen molar-refractivity contribution in [1.29, 1.82) is 0 Å². The number of carbonyl (C=O) groups is 2. The molecule has 1 aromatic carbocycles. The molecule has 33 heavy (non-hydrogen) atoms. The van der Waals surface area contributed by atoms with E-state index in [0.29, 0.717) is 28.5 Å². The van der Waals surface area contributed by atoms with E-state index in [1.165, 1.54) is 20.2 Å². The topological polar surface area (TPSA) is 148 Å². The highest BCUT2D eigenvalue weighted by Gasteiger charge is 2.23. The van der Waals surface area contributed by atoms with Gasteiger partial charge in [-0.2, -0.15) is 5.10 Å². The van der Waals surface area contributed by atoms with Crippen LogP contribution in [0.1, 0.15) is 10.5 Å². The lowest BCUT2D eigenvalue weighted by Crippen LogP contribution is -2.50. The Labute approximate surface area is 193 Å². The number of aromatic nitrogens is 5. The molecule has 0 bridgehead atoms. The highest BCUT2D eigenvalue weighted by Crippen LogP contribution is 2.37. The van der Waals surface area contributed by atoms with E-state index in [-0.39, 0.29) is 11.5 Å². The van der Waals surface area contributed by atoms with Gasteiger partial charge in [-0.3, -0.25) is 14.8 Å². The van der Waals surface area contributed by atoms with Crippen molar-refractivity contribution in [1.82, 2.24) is 35.6 Å². The van der Waals surface area contributed by atoms with Gasteiger partial charge < -0.3 is 20.7 Å². The number of amides is 3. The zero-order valence-corrected chi connectivity index (χ0v) is 19.3. The van der Waals surface area contributed by atoms with Crippen molar-refractivity contribution < 1.29 is 14.3 Å². The fourth-order valence-corrected chi connectivity index (χ4v) is 2.93. The van der Waals surface area contributed by atoms with Crippen molar-refractivity contribution in [3.63, 3.8) is 0 Å². The van der Waals surface area contributed by atoms with Crippen LogP contribution in [0.5, 0.6) is 5.75 Å². The van der Waals surface area contributed by atoms with E-state index in [9.17, 15) is 9.59 Å². The molecule has 0 fully saturated rings. The number of methoxy groups -OCH3 is 1. The fourth-order valence-electron chi connectivity index (χ4n) is 2.93. The van der Waals surface area contributed by atoms with Crippen LogP contribution in [-0.2, 0) is 7.05 Å². The lowest BCUT2D eigenvalue weighted by molar-refractivity contribution is 0.0947. The van der Waals surface area contributed by atoms with E-state index in [1.54, 1.807) is 24.1 Å². The number of benzene rings is 1. The number of ether oxygens (including phenoxy) is 1. The van der Waals surface area contributed by atoms with Gasteiger partial charge in [-0.1, -0.05) is 6.07 Å². The van der Waals surface area contributed by atoms with Crippen molar-refractivity contribution in [3.05, 3.63) is 36.3 Å². The summed E-state index contributed by atoms with van der Waals surface area (Å²) in [6.07, 6.45) is 1.59. The molecule has 0 spiro atoms. The average molecular weight is 447 g/mol. The number of nitrogens with zero attached hydrogens (tertiary/aromatic N) is 5. The summed E-state index contributed by atoms with van der Waals surface area (Å²) >= 11 is 0. The summed E-state index contributed by atoms with van der Waals surface area (Å²) in [6, 6.07) is 6.47. The summed E-state index contributed by atoms with van der Waals surface area (Å²) in [6.45, 7) is 0. The predicted molar refractivity (Wildman–Crippen MR) is 132 cm³/mol. The first-order valence-corrected chi connectivity index (χ1v) is 10.1. The maximum absolute atomic E-state index is 12.9. The van der Waals surface area contributed by atoms with Gasteiger partial charge in [-0.05, 0) is 17.4 Å². The third-order valence-electron chi connectivity index (χ3n) is 4.30. The quantitative estimate of drug-likeness (QED) is 0.305. The van der Waals surface area contributed by atoms with E-state index >= 15 is 0 Å². The lowest BCUT2D eigenvalue weighted by Gasteiger charge is -2.21. The number of aryl methyl sites for hydroxylation is 1. The Hall–Kier alpha value is -4.03. The Morgan fingerprint density at radius 2 is 1.91 bits per heavy atom. The number of hydrogen-bond donors (Lipinski definition) is 4. The van der Waals surface area contributed by atoms with E-state index in [2.05, 4.69) is 41.5 Å². The van der Waals surface area contributed by atoms with Gasteiger partial charge in [0.1, 0.15) is 29.9 Å². The monoisotopic (exact) mass is 447 g/mol. The maximum Gasteiger partial charge on any atom is 0.320 e. The third kappa shape index (κ3) is 5.81. The van der Waals surface area contributed by atoms with Gasteiger partial charge in [0.2, 0.25) is 0 Å². The van der Waals surface area contributed by atoms with Crippen LogP contribution in [0.25, 0.3) is 11.4 Å². The number of anilines is 3. The zero-order chi connectivity index (χ0) is 24.2. The Bertz CT molecular complexity index is 1180. The number of nitrogens with one attached hydrogen (secondary N) is 4. The first-order valence-electron chi connectivity index (χ1n) is 10.1. The number of urea groups is 1. The minimum Gasteiger partial charge on any atom is -0.494 e. The van der Waals surface area contributed by atoms with Crippen molar-refractivity contribution in [2.75, 3.05) is 24.8 Å². The molecule has 0 aliphatic heterocycles. The van der Waals surface area contributed by atoms with Crippen LogP contribution in [0.15, 0.2) is 30.6 Å². The molecule has 3 rings (SSSR count). The number of carbonyl (C=O) groups excluding carboxylic acids is 2. The van der Waals surface area contributed by atoms with Crippen molar-refractivity contribution in [2.24, 2.45) is 7.05 Å². The van der Waals surface area contributed by atoms with Crippen LogP contribution in [-0.4, -0.2) is 79.8 Å². The van der Waals surface area contributed by atoms with Crippen LogP contribution >= 0.6 is 0 Å². The Balaban J connectivity index is 2.06. The fraction of sp³-hybridized carbons (Fsp3) is 0.222. The third-order valence-corrected chi connectivity index (χ3v) is 4.30. The molecule has 2 aromatic heterocycles. The minimum absolute atomic E-state index is 0.0517. The number of para-hydroxylation sites is 1. The summed E-state index contributed by atoms with van der Waals surface area (Å²) in [4.78, 5) is 28.9. The molecule has 0 unspecified atom stereocenters. The second-order valence-corrected chi connectivity index (χ2v) is 8.15. The van der Waals surface area contributed by atoms with Crippen LogP contribution in [0, 0.1) is 0 Å². The molecule has 0 aliphatic carbocycles. The minimum atomic E-state index is -0.489. The summed E-state index contributed by atoms with van der Waals surface area (Å²) in [7, 11) is 10.4.